The van der Waals surface area contributed by atoms with Gasteiger partial charge in [0, 0.05) is 0 Å². The molecule has 1 N–H and O–H groups in total. The molecule has 0 fully saturated rings. The van der Waals surface area contributed by atoms with Gasteiger partial charge in [-0.05, 0) is 24.1 Å². The predicted octanol–water partition coefficient (Wildman–Crippen LogP) is 3.24. The van der Waals surface area contributed by atoms with Gasteiger partial charge < -0.3 is 5.32 Å². The lowest BCUT2D eigenvalue weighted by atomic mass is 10.0. The summed E-state index contributed by atoms with van der Waals surface area (Å²) >= 11 is 12.0. The smallest absolute Gasteiger partial charge is 0.242 e. The maximum Gasteiger partial charge on any atom is 0.242 e. The van der Waals surface area contributed by atoms with Crippen LogP contribution in [0.25, 0.3) is 0 Å². The zero-order chi connectivity index (χ0) is 15.2. The number of benzene rings is 1. The molecule has 1 aromatic carbocycles. The Balaban J connectivity index is 2.07. The Labute approximate surface area is 133 Å². The monoisotopic (exact) mass is 326 g/mol. The van der Waals surface area contributed by atoms with E-state index >= 15 is 0 Å². The van der Waals surface area contributed by atoms with Crippen molar-refractivity contribution in [1.29, 1.82) is 0 Å². The molecule has 2 rings (SSSR count). The first-order valence-electron chi connectivity index (χ1n) is 6.67. The van der Waals surface area contributed by atoms with Gasteiger partial charge in [-0.3, -0.25) is 4.79 Å². The third-order valence-electron chi connectivity index (χ3n) is 3.03. The summed E-state index contributed by atoms with van der Waals surface area (Å²) in [5.41, 5.74) is 0.943. The quantitative estimate of drug-likeness (QED) is 0.886. The molecule has 112 valence electrons. The summed E-state index contributed by atoms with van der Waals surface area (Å²) in [5.74, 6) is -0.120. The molecule has 0 spiro atoms. The average molecular weight is 327 g/mol. The topological polar surface area (TPSA) is 59.8 Å². The predicted molar refractivity (Wildman–Crippen MR) is 82.3 cm³/mol. The van der Waals surface area contributed by atoms with Crippen molar-refractivity contribution in [2.75, 3.05) is 0 Å². The van der Waals surface area contributed by atoms with Crippen LogP contribution < -0.4 is 5.32 Å². The van der Waals surface area contributed by atoms with Crippen molar-refractivity contribution < 1.29 is 4.79 Å². The highest BCUT2D eigenvalue weighted by Gasteiger charge is 2.15. The van der Waals surface area contributed by atoms with E-state index in [1.807, 2.05) is 6.07 Å². The zero-order valence-corrected chi connectivity index (χ0v) is 13.1. The van der Waals surface area contributed by atoms with Gasteiger partial charge in [0.05, 0.1) is 16.1 Å². The van der Waals surface area contributed by atoms with Gasteiger partial charge >= 0.3 is 0 Å². The van der Waals surface area contributed by atoms with Crippen molar-refractivity contribution in [3.63, 3.8) is 0 Å². The molecular formula is C14H16Cl2N4O. The van der Waals surface area contributed by atoms with E-state index in [4.69, 9.17) is 23.2 Å². The molecule has 0 aliphatic carbocycles. The number of halogens is 2. The Hall–Kier alpha value is -1.59. The molecule has 0 bridgehead atoms. The van der Waals surface area contributed by atoms with Crippen LogP contribution in [0.2, 0.25) is 10.0 Å². The summed E-state index contributed by atoms with van der Waals surface area (Å²) in [7, 11) is 0. The highest BCUT2D eigenvalue weighted by Crippen LogP contribution is 2.27. The lowest BCUT2D eigenvalue weighted by molar-refractivity contribution is -0.122. The Morgan fingerprint density at radius 2 is 2.19 bits per heavy atom. The highest BCUT2D eigenvalue weighted by molar-refractivity contribution is 6.42. The van der Waals surface area contributed by atoms with Crippen LogP contribution in [-0.2, 0) is 11.3 Å². The van der Waals surface area contributed by atoms with Crippen molar-refractivity contribution in [3.05, 3.63) is 46.5 Å². The second-order valence-electron chi connectivity index (χ2n) is 4.68. The minimum Gasteiger partial charge on any atom is -0.348 e. The third kappa shape index (κ3) is 4.44. The van der Waals surface area contributed by atoms with Crippen LogP contribution in [0.3, 0.4) is 0 Å². The van der Waals surface area contributed by atoms with Gasteiger partial charge in [-0.15, -0.1) is 0 Å². The van der Waals surface area contributed by atoms with Crippen LogP contribution in [0.5, 0.6) is 0 Å². The van der Waals surface area contributed by atoms with E-state index in [-0.39, 0.29) is 18.5 Å². The number of aromatic nitrogens is 3. The second kappa shape index (κ2) is 7.43. The van der Waals surface area contributed by atoms with Gasteiger partial charge in [-0.2, -0.15) is 5.10 Å². The number of carbonyl (C=O) groups is 1. The van der Waals surface area contributed by atoms with Crippen molar-refractivity contribution in [3.8, 4) is 0 Å². The summed E-state index contributed by atoms with van der Waals surface area (Å²) in [6.45, 7) is 2.20. The third-order valence-corrected chi connectivity index (χ3v) is 3.77. The summed E-state index contributed by atoms with van der Waals surface area (Å²) in [6, 6.07) is 5.32. The number of amides is 1. The zero-order valence-electron chi connectivity index (χ0n) is 11.6. The summed E-state index contributed by atoms with van der Waals surface area (Å²) in [5, 5.41) is 7.90. The van der Waals surface area contributed by atoms with Crippen molar-refractivity contribution in [2.24, 2.45) is 0 Å². The van der Waals surface area contributed by atoms with E-state index in [9.17, 15) is 4.79 Å². The molecule has 2 aromatic rings. The molecular weight excluding hydrogens is 311 g/mol. The van der Waals surface area contributed by atoms with Gasteiger partial charge in [0.1, 0.15) is 19.2 Å². The molecule has 1 aromatic heterocycles. The molecule has 1 unspecified atom stereocenters. The summed E-state index contributed by atoms with van der Waals surface area (Å²) < 4.78 is 1.48. The standard InChI is InChI=1S/C14H16Cl2N4O/c1-2-3-13(10-4-5-11(15)12(16)6-10)19-14(21)7-20-9-17-8-18-20/h4-6,8-9,13H,2-3,7H2,1H3,(H,19,21). The van der Waals surface area contributed by atoms with Crippen LogP contribution in [0, 0.1) is 0 Å². The lowest BCUT2D eigenvalue weighted by Gasteiger charge is -2.19. The fourth-order valence-corrected chi connectivity index (χ4v) is 2.35. The number of hydrogen-bond donors (Lipinski definition) is 1. The lowest BCUT2D eigenvalue weighted by Crippen LogP contribution is -2.31. The molecule has 0 aliphatic rings. The SMILES string of the molecule is CCCC(NC(=O)Cn1cncn1)c1ccc(Cl)c(Cl)c1. The molecule has 1 atom stereocenters. The minimum atomic E-state index is -0.120. The first-order valence-corrected chi connectivity index (χ1v) is 7.42. The molecule has 5 nitrogen and oxygen atoms in total. The Morgan fingerprint density at radius 1 is 1.38 bits per heavy atom. The normalized spacial score (nSPS) is 12.1. The molecule has 1 heterocycles. The number of nitrogens with one attached hydrogen (secondary N) is 1. The van der Waals surface area contributed by atoms with E-state index < -0.39 is 0 Å². The van der Waals surface area contributed by atoms with E-state index in [0.29, 0.717) is 10.0 Å². The highest BCUT2D eigenvalue weighted by atomic mass is 35.5. The van der Waals surface area contributed by atoms with E-state index in [1.54, 1.807) is 12.1 Å². The first kappa shape index (κ1) is 15.8. The van der Waals surface area contributed by atoms with Gasteiger partial charge in [0.25, 0.3) is 0 Å². The molecule has 0 saturated heterocycles. The Bertz CT molecular complexity index is 601. The van der Waals surface area contributed by atoms with Crippen LogP contribution in [0.4, 0.5) is 0 Å². The minimum absolute atomic E-state index is 0.0965. The summed E-state index contributed by atoms with van der Waals surface area (Å²) in [4.78, 5) is 15.9. The van der Waals surface area contributed by atoms with Crippen molar-refractivity contribution in [2.45, 2.75) is 32.4 Å². The van der Waals surface area contributed by atoms with Crippen LogP contribution >= 0.6 is 23.2 Å². The second-order valence-corrected chi connectivity index (χ2v) is 5.49. The number of carbonyl (C=O) groups excluding carboxylic acids is 1. The molecule has 7 heteroatoms. The Kier molecular flexibility index (Phi) is 5.59. The number of rotatable bonds is 6. The van der Waals surface area contributed by atoms with Gasteiger partial charge in [-0.25, -0.2) is 9.67 Å². The molecule has 21 heavy (non-hydrogen) atoms. The van der Waals surface area contributed by atoms with Crippen LogP contribution in [0.1, 0.15) is 31.4 Å². The molecule has 0 aliphatic heterocycles. The maximum absolute atomic E-state index is 12.1. The number of nitrogens with zero attached hydrogens (tertiary/aromatic N) is 3. The van der Waals surface area contributed by atoms with Gasteiger partial charge in [-0.1, -0.05) is 42.6 Å². The number of hydrogen-bond acceptors (Lipinski definition) is 3. The van der Waals surface area contributed by atoms with Gasteiger partial charge in [0.2, 0.25) is 5.91 Å². The molecule has 0 radical (unpaired) electrons. The van der Waals surface area contributed by atoms with Crippen LogP contribution in [0.15, 0.2) is 30.9 Å². The van der Waals surface area contributed by atoms with Crippen LogP contribution in [-0.4, -0.2) is 20.7 Å². The van der Waals surface area contributed by atoms with Crippen molar-refractivity contribution in [1.82, 2.24) is 20.1 Å². The largest absolute Gasteiger partial charge is 0.348 e. The Morgan fingerprint density at radius 3 is 2.81 bits per heavy atom. The fraction of sp³-hybridized carbons (Fsp3) is 0.357. The fourth-order valence-electron chi connectivity index (χ4n) is 2.04. The van der Waals surface area contributed by atoms with Gasteiger partial charge in [0.15, 0.2) is 0 Å². The van der Waals surface area contributed by atoms with E-state index in [0.717, 1.165) is 18.4 Å². The summed E-state index contributed by atoms with van der Waals surface area (Å²) in [6.07, 6.45) is 4.67. The molecule has 0 saturated carbocycles. The van der Waals surface area contributed by atoms with E-state index in [2.05, 4.69) is 22.3 Å². The molecule has 1 amide bonds. The van der Waals surface area contributed by atoms with Crippen molar-refractivity contribution >= 4 is 29.1 Å². The first-order chi connectivity index (χ1) is 10.1. The maximum atomic E-state index is 12.1. The van der Waals surface area contributed by atoms with E-state index in [1.165, 1.54) is 17.3 Å². The average Bonchev–Trinajstić information content (AvgIpc) is 2.94.